The molecule has 5 nitrogen and oxygen atoms in total. The summed E-state index contributed by atoms with van der Waals surface area (Å²) >= 11 is 0. The molecule has 1 unspecified atom stereocenters. The first-order valence-electron chi connectivity index (χ1n) is 7.51. The molecular weight excluding hydrogens is 268 g/mol. The van der Waals surface area contributed by atoms with Gasteiger partial charge in [0, 0.05) is 31.0 Å². The minimum Gasteiger partial charge on any atom is -0.398 e. The lowest BCUT2D eigenvalue weighted by Crippen LogP contribution is -2.16. The number of nitrogens with two attached hydrogens (primary N) is 1. The first-order chi connectivity index (χ1) is 10.2. The van der Waals surface area contributed by atoms with E-state index < -0.39 is 0 Å². The van der Waals surface area contributed by atoms with Gasteiger partial charge in [0.05, 0.1) is 12.7 Å². The first-order valence-corrected chi connectivity index (χ1v) is 7.51. The molecular formula is C16H24N2O3. The van der Waals surface area contributed by atoms with Crippen LogP contribution in [0.2, 0.25) is 0 Å². The van der Waals surface area contributed by atoms with Crippen molar-refractivity contribution in [3.63, 3.8) is 0 Å². The molecule has 1 aromatic rings. The molecule has 1 heterocycles. The maximum Gasteiger partial charge on any atom is 0.224 e. The van der Waals surface area contributed by atoms with Crippen LogP contribution in [-0.4, -0.2) is 31.8 Å². The quantitative estimate of drug-likeness (QED) is 0.598. The molecule has 0 spiro atoms. The molecule has 116 valence electrons. The molecule has 21 heavy (non-hydrogen) atoms. The van der Waals surface area contributed by atoms with E-state index in [1.54, 1.807) is 0 Å². The number of rotatable bonds is 7. The lowest BCUT2D eigenvalue weighted by Gasteiger charge is -2.11. The van der Waals surface area contributed by atoms with Gasteiger partial charge in [-0.3, -0.25) is 4.79 Å². The monoisotopic (exact) mass is 292 g/mol. The number of benzene rings is 1. The van der Waals surface area contributed by atoms with Crippen LogP contribution in [0.1, 0.15) is 31.2 Å². The number of ether oxygens (including phenoxy) is 2. The first kappa shape index (κ1) is 15.8. The van der Waals surface area contributed by atoms with E-state index in [-0.39, 0.29) is 12.0 Å². The molecule has 2 rings (SSSR count). The zero-order chi connectivity index (χ0) is 15.1. The van der Waals surface area contributed by atoms with E-state index >= 15 is 0 Å². The van der Waals surface area contributed by atoms with Crippen molar-refractivity contribution in [1.29, 1.82) is 0 Å². The second-order valence-corrected chi connectivity index (χ2v) is 5.38. The van der Waals surface area contributed by atoms with E-state index in [4.69, 9.17) is 15.2 Å². The maximum absolute atomic E-state index is 11.9. The van der Waals surface area contributed by atoms with Gasteiger partial charge in [-0.25, -0.2) is 0 Å². The van der Waals surface area contributed by atoms with E-state index in [1.165, 1.54) is 0 Å². The molecule has 0 radical (unpaired) electrons. The van der Waals surface area contributed by atoms with Gasteiger partial charge in [0.25, 0.3) is 0 Å². The summed E-state index contributed by atoms with van der Waals surface area (Å²) in [6, 6.07) is 5.52. The smallest absolute Gasteiger partial charge is 0.224 e. The van der Waals surface area contributed by atoms with Gasteiger partial charge >= 0.3 is 0 Å². The number of nitrogen functional groups attached to an aromatic ring is 1. The summed E-state index contributed by atoms with van der Waals surface area (Å²) in [5.41, 5.74) is 8.18. The van der Waals surface area contributed by atoms with Gasteiger partial charge < -0.3 is 20.5 Å². The summed E-state index contributed by atoms with van der Waals surface area (Å²) < 4.78 is 11.0. The Bertz CT molecular complexity index is 471. The highest BCUT2D eigenvalue weighted by molar-refractivity contribution is 5.92. The number of hydrogen-bond donors (Lipinski definition) is 2. The van der Waals surface area contributed by atoms with Gasteiger partial charge in [0.15, 0.2) is 0 Å². The summed E-state index contributed by atoms with van der Waals surface area (Å²) in [6.07, 6.45) is 3.60. The molecule has 0 aliphatic carbocycles. The van der Waals surface area contributed by atoms with Crippen molar-refractivity contribution in [2.45, 2.75) is 38.7 Å². The highest BCUT2D eigenvalue weighted by Crippen LogP contribution is 2.20. The molecule has 1 aliphatic rings. The Labute approximate surface area is 125 Å². The Kier molecular flexibility index (Phi) is 6.02. The van der Waals surface area contributed by atoms with E-state index in [9.17, 15) is 4.79 Å². The Morgan fingerprint density at radius 2 is 2.38 bits per heavy atom. The van der Waals surface area contributed by atoms with E-state index in [1.807, 2.05) is 25.1 Å². The van der Waals surface area contributed by atoms with Crippen LogP contribution >= 0.6 is 0 Å². The van der Waals surface area contributed by atoms with E-state index in [2.05, 4.69) is 5.32 Å². The molecule has 1 saturated heterocycles. The molecule has 1 amide bonds. The highest BCUT2D eigenvalue weighted by atomic mass is 16.5. The lowest BCUT2D eigenvalue weighted by atomic mass is 10.1. The van der Waals surface area contributed by atoms with Gasteiger partial charge in [-0.2, -0.15) is 0 Å². The van der Waals surface area contributed by atoms with Gasteiger partial charge in [0.2, 0.25) is 5.91 Å². The fraction of sp³-hybridized carbons (Fsp3) is 0.562. The Hall–Kier alpha value is -1.59. The third-order valence-electron chi connectivity index (χ3n) is 3.67. The number of anilines is 2. The predicted molar refractivity (Wildman–Crippen MR) is 83.2 cm³/mol. The van der Waals surface area contributed by atoms with Crippen LogP contribution in [0.15, 0.2) is 18.2 Å². The SMILES string of the molecule is Cc1c(N)cccc1NC(=O)CCCOCC1CCCO1. The topological polar surface area (TPSA) is 73.6 Å². The molecule has 5 heteroatoms. The van der Waals surface area contributed by atoms with Crippen molar-refractivity contribution in [2.24, 2.45) is 0 Å². The van der Waals surface area contributed by atoms with Gasteiger partial charge in [-0.1, -0.05) is 6.07 Å². The second kappa shape index (κ2) is 8.00. The Morgan fingerprint density at radius 3 is 3.14 bits per heavy atom. The minimum atomic E-state index is -0.00980. The zero-order valence-electron chi connectivity index (χ0n) is 12.6. The summed E-state index contributed by atoms with van der Waals surface area (Å²) in [5, 5.41) is 2.88. The van der Waals surface area contributed by atoms with E-state index in [0.717, 1.165) is 30.7 Å². The van der Waals surface area contributed by atoms with Crippen molar-refractivity contribution in [2.75, 3.05) is 30.9 Å². The molecule has 1 atom stereocenters. The average molecular weight is 292 g/mol. The number of hydrogen-bond acceptors (Lipinski definition) is 4. The third kappa shape index (κ3) is 5.02. The van der Waals surface area contributed by atoms with Crippen LogP contribution in [0.3, 0.4) is 0 Å². The molecule has 3 N–H and O–H groups in total. The van der Waals surface area contributed by atoms with E-state index in [0.29, 0.717) is 31.7 Å². The number of amides is 1. The molecule has 1 aliphatic heterocycles. The van der Waals surface area contributed by atoms with Crippen LogP contribution in [0.25, 0.3) is 0 Å². The van der Waals surface area contributed by atoms with Crippen LogP contribution in [0.4, 0.5) is 11.4 Å². The lowest BCUT2D eigenvalue weighted by molar-refractivity contribution is -0.116. The zero-order valence-corrected chi connectivity index (χ0v) is 12.6. The van der Waals surface area contributed by atoms with Gasteiger partial charge in [-0.15, -0.1) is 0 Å². The number of carbonyl (C=O) groups excluding carboxylic acids is 1. The van der Waals surface area contributed by atoms with Crippen molar-refractivity contribution < 1.29 is 14.3 Å². The highest BCUT2D eigenvalue weighted by Gasteiger charge is 2.15. The maximum atomic E-state index is 11.9. The summed E-state index contributed by atoms with van der Waals surface area (Å²) in [7, 11) is 0. The molecule has 1 fully saturated rings. The van der Waals surface area contributed by atoms with Crippen LogP contribution in [-0.2, 0) is 14.3 Å². The molecule has 0 bridgehead atoms. The fourth-order valence-electron chi connectivity index (χ4n) is 2.33. The average Bonchev–Trinajstić information content (AvgIpc) is 2.97. The fourth-order valence-corrected chi connectivity index (χ4v) is 2.33. The molecule has 0 saturated carbocycles. The summed E-state index contributed by atoms with van der Waals surface area (Å²) in [6.45, 7) is 3.96. The number of nitrogens with one attached hydrogen (secondary N) is 1. The van der Waals surface area contributed by atoms with Crippen molar-refractivity contribution >= 4 is 17.3 Å². The minimum absolute atomic E-state index is 0.00980. The van der Waals surface area contributed by atoms with Crippen molar-refractivity contribution in [1.82, 2.24) is 0 Å². The second-order valence-electron chi connectivity index (χ2n) is 5.38. The van der Waals surface area contributed by atoms with Crippen LogP contribution < -0.4 is 11.1 Å². The summed E-state index contributed by atoms with van der Waals surface area (Å²) in [5.74, 6) is -0.00980. The predicted octanol–water partition coefficient (Wildman–Crippen LogP) is 2.49. The summed E-state index contributed by atoms with van der Waals surface area (Å²) in [4.78, 5) is 11.9. The Balaban J connectivity index is 1.62. The van der Waals surface area contributed by atoms with Crippen LogP contribution in [0.5, 0.6) is 0 Å². The molecule has 0 aromatic heterocycles. The number of carbonyl (C=O) groups is 1. The standard InChI is InChI=1S/C16H24N2O3/c1-12-14(17)6-2-7-15(12)18-16(19)8-4-9-20-11-13-5-3-10-21-13/h2,6-7,13H,3-5,8-11,17H2,1H3,(H,18,19). The largest absolute Gasteiger partial charge is 0.398 e. The van der Waals surface area contributed by atoms with Crippen molar-refractivity contribution in [3.05, 3.63) is 23.8 Å². The van der Waals surface area contributed by atoms with Gasteiger partial charge in [-0.05, 0) is 43.9 Å². The normalized spacial score (nSPS) is 17.9. The third-order valence-corrected chi connectivity index (χ3v) is 3.67. The van der Waals surface area contributed by atoms with Crippen LogP contribution in [0, 0.1) is 6.92 Å². The molecule has 1 aromatic carbocycles. The van der Waals surface area contributed by atoms with Gasteiger partial charge in [0.1, 0.15) is 0 Å². The Morgan fingerprint density at radius 1 is 1.52 bits per heavy atom. The van der Waals surface area contributed by atoms with Crippen molar-refractivity contribution in [3.8, 4) is 0 Å².